The van der Waals surface area contributed by atoms with Crippen LogP contribution in [0.1, 0.15) is 36.6 Å². The molecule has 11 heteroatoms. The summed E-state index contributed by atoms with van der Waals surface area (Å²) < 4.78 is 37.0. The molecule has 1 saturated heterocycles. The number of hydrogen-bond donors (Lipinski definition) is 0. The SMILES string of the molecule is Cc1cccc(Cl)c1S(=O)(=O)N1CCn2cccc2C1COCC(=O)N(C)CCC1CCN(c2ccncc2)CC1. The first-order chi connectivity index (χ1) is 19.8. The molecule has 2 aliphatic rings. The topological polar surface area (TPSA) is 88.0 Å². The maximum absolute atomic E-state index is 13.8. The van der Waals surface area contributed by atoms with Crippen molar-refractivity contribution in [1.82, 2.24) is 18.8 Å². The van der Waals surface area contributed by atoms with Crippen LogP contribution < -0.4 is 4.90 Å². The second kappa shape index (κ2) is 12.9. The minimum atomic E-state index is -3.90. The van der Waals surface area contributed by atoms with Gasteiger partial charge in [-0.3, -0.25) is 9.78 Å². The molecule has 3 aromatic rings. The molecule has 1 amide bonds. The summed E-state index contributed by atoms with van der Waals surface area (Å²) in [6.07, 6.45) is 8.73. The van der Waals surface area contributed by atoms with Gasteiger partial charge in [-0.1, -0.05) is 23.7 Å². The number of hydrogen-bond acceptors (Lipinski definition) is 6. The number of aromatic nitrogens is 2. The fourth-order valence-electron chi connectivity index (χ4n) is 5.86. The lowest BCUT2D eigenvalue weighted by Gasteiger charge is -2.36. The average molecular weight is 600 g/mol. The van der Waals surface area contributed by atoms with Crippen LogP contribution in [-0.4, -0.2) is 79.5 Å². The molecule has 1 fully saturated rings. The van der Waals surface area contributed by atoms with Gasteiger partial charge in [0.2, 0.25) is 15.9 Å². The molecule has 1 atom stereocenters. The van der Waals surface area contributed by atoms with Gasteiger partial charge >= 0.3 is 0 Å². The standard InChI is InChI=1S/C30H38ClN5O4S/c1-23-5-3-6-26(31)30(23)41(38,39)36-20-19-35-15-4-7-27(35)28(36)21-40-22-29(37)33(2)16-10-24-11-17-34(18-12-24)25-8-13-32-14-9-25/h3-9,13-15,24,28H,10-12,16-22H2,1-2H3. The molecule has 9 nitrogen and oxygen atoms in total. The van der Waals surface area contributed by atoms with Crippen molar-refractivity contribution >= 4 is 33.2 Å². The molecule has 0 radical (unpaired) electrons. The number of amides is 1. The zero-order valence-electron chi connectivity index (χ0n) is 23.7. The highest BCUT2D eigenvalue weighted by Gasteiger charge is 2.38. The van der Waals surface area contributed by atoms with Gasteiger partial charge in [0, 0.05) is 69.7 Å². The van der Waals surface area contributed by atoms with Crippen molar-refractivity contribution in [2.24, 2.45) is 5.92 Å². The zero-order valence-corrected chi connectivity index (χ0v) is 25.2. The molecule has 0 saturated carbocycles. The number of anilines is 1. The molecule has 0 spiro atoms. The van der Waals surface area contributed by atoms with Gasteiger partial charge in [-0.15, -0.1) is 0 Å². The van der Waals surface area contributed by atoms with Gasteiger partial charge in [0.05, 0.1) is 17.7 Å². The molecule has 1 unspecified atom stereocenters. The van der Waals surface area contributed by atoms with Crippen molar-refractivity contribution in [2.45, 2.75) is 43.7 Å². The summed E-state index contributed by atoms with van der Waals surface area (Å²) >= 11 is 6.36. The Morgan fingerprint density at radius 3 is 2.56 bits per heavy atom. The molecule has 0 N–H and O–H groups in total. The fourth-order valence-corrected chi connectivity index (χ4v) is 8.23. The Morgan fingerprint density at radius 2 is 1.83 bits per heavy atom. The van der Waals surface area contributed by atoms with Gasteiger partial charge in [-0.2, -0.15) is 4.31 Å². The Balaban J connectivity index is 1.15. The van der Waals surface area contributed by atoms with Crippen molar-refractivity contribution < 1.29 is 17.9 Å². The Labute approximate surface area is 247 Å². The van der Waals surface area contributed by atoms with Crippen molar-refractivity contribution in [3.63, 3.8) is 0 Å². The maximum Gasteiger partial charge on any atom is 0.248 e. The monoisotopic (exact) mass is 599 g/mol. The number of ether oxygens (including phenoxy) is 1. The minimum absolute atomic E-state index is 0.0692. The summed E-state index contributed by atoms with van der Waals surface area (Å²) in [5, 5.41) is 0.200. The minimum Gasteiger partial charge on any atom is -0.371 e. The highest BCUT2D eigenvalue weighted by molar-refractivity contribution is 7.89. The van der Waals surface area contributed by atoms with Crippen molar-refractivity contribution in [3.8, 4) is 0 Å². The van der Waals surface area contributed by atoms with Crippen LogP contribution in [0.2, 0.25) is 5.02 Å². The van der Waals surface area contributed by atoms with E-state index in [2.05, 4.69) is 9.88 Å². The van der Waals surface area contributed by atoms with E-state index in [4.69, 9.17) is 16.3 Å². The van der Waals surface area contributed by atoms with Crippen LogP contribution in [0.25, 0.3) is 0 Å². The van der Waals surface area contributed by atoms with Gasteiger partial charge in [-0.05, 0) is 68.0 Å². The summed E-state index contributed by atoms with van der Waals surface area (Å²) in [7, 11) is -2.09. The lowest BCUT2D eigenvalue weighted by Crippen LogP contribution is -2.44. The molecule has 41 heavy (non-hydrogen) atoms. The van der Waals surface area contributed by atoms with Crippen LogP contribution in [0.3, 0.4) is 0 Å². The summed E-state index contributed by atoms with van der Waals surface area (Å²) in [4.78, 5) is 21.2. The van der Waals surface area contributed by atoms with Gasteiger partial charge in [0.1, 0.15) is 11.5 Å². The zero-order chi connectivity index (χ0) is 29.0. The average Bonchev–Trinajstić information content (AvgIpc) is 3.46. The maximum atomic E-state index is 13.8. The molecular weight excluding hydrogens is 562 g/mol. The van der Waals surface area contributed by atoms with Gasteiger partial charge < -0.3 is 19.1 Å². The Hall–Kier alpha value is -2.92. The molecule has 220 valence electrons. The second-order valence-electron chi connectivity index (χ2n) is 10.9. The lowest BCUT2D eigenvalue weighted by molar-refractivity contribution is -0.135. The number of sulfonamides is 1. The third kappa shape index (κ3) is 6.61. The van der Waals surface area contributed by atoms with Gasteiger partial charge in [0.15, 0.2) is 0 Å². The number of carbonyl (C=O) groups is 1. The largest absolute Gasteiger partial charge is 0.371 e. The van der Waals surface area contributed by atoms with Crippen LogP contribution in [-0.2, 0) is 26.1 Å². The van der Waals surface area contributed by atoms with Crippen LogP contribution >= 0.6 is 11.6 Å². The number of carbonyl (C=O) groups excluding carboxylic acids is 1. The van der Waals surface area contributed by atoms with E-state index >= 15 is 0 Å². The Morgan fingerprint density at radius 1 is 1.07 bits per heavy atom. The van der Waals surface area contributed by atoms with E-state index in [9.17, 15) is 13.2 Å². The first-order valence-electron chi connectivity index (χ1n) is 14.1. The van der Waals surface area contributed by atoms with Crippen molar-refractivity contribution in [1.29, 1.82) is 0 Å². The van der Waals surface area contributed by atoms with Crippen LogP contribution in [0.4, 0.5) is 5.69 Å². The molecule has 0 bridgehead atoms. The van der Waals surface area contributed by atoms with E-state index < -0.39 is 16.1 Å². The highest BCUT2D eigenvalue weighted by Crippen LogP contribution is 2.35. The smallest absolute Gasteiger partial charge is 0.248 e. The highest BCUT2D eigenvalue weighted by atomic mass is 35.5. The predicted molar refractivity (Wildman–Crippen MR) is 160 cm³/mol. The number of benzene rings is 1. The summed E-state index contributed by atoms with van der Waals surface area (Å²) in [5.74, 6) is 0.466. The summed E-state index contributed by atoms with van der Waals surface area (Å²) in [6, 6.07) is 12.4. The fraction of sp³-hybridized carbons (Fsp3) is 0.467. The third-order valence-corrected chi connectivity index (χ3v) is 10.8. The molecule has 2 aromatic heterocycles. The second-order valence-corrected chi connectivity index (χ2v) is 13.1. The molecule has 1 aromatic carbocycles. The third-order valence-electron chi connectivity index (χ3n) is 8.29. The lowest BCUT2D eigenvalue weighted by atomic mass is 9.93. The number of aryl methyl sites for hydroxylation is 1. The first kappa shape index (κ1) is 29.6. The van der Waals surface area contributed by atoms with E-state index in [1.54, 1.807) is 37.1 Å². The number of nitrogens with zero attached hydrogens (tertiary/aromatic N) is 5. The predicted octanol–water partition coefficient (Wildman–Crippen LogP) is 4.37. The number of halogens is 1. The number of piperidine rings is 1. The van der Waals surface area contributed by atoms with E-state index in [-0.39, 0.29) is 35.6 Å². The molecular formula is C30H38ClN5O4S. The van der Waals surface area contributed by atoms with Crippen molar-refractivity contribution in [2.75, 3.05) is 51.3 Å². The number of pyridine rings is 1. The summed E-state index contributed by atoms with van der Waals surface area (Å²) in [5.41, 5.74) is 2.64. The van der Waals surface area contributed by atoms with Crippen LogP contribution in [0.5, 0.6) is 0 Å². The van der Waals surface area contributed by atoms with Gasteiger partial charge in [0.25, 0.3) is 0 Å². The number of likely N-dealkylation sites (N-methyl/N-ethyl adjacent to an activating group) is 1. The Bertz CT molecular complexity index is 1420. The van der Waals surface area contributed by atoms with E-state index in [1.165, 1.54) is 9.99 Å². The summed E-state index contributed by atoms with van der Waals surface area (Å²) in [6.45, 7) is 5.21. The Kier molecular flexibility index (Phi) is 9.33. The van der Waals surface area contributed by atoms with Gasteiger partial charge in [-0.25, -0.2) is 8.42 Å². The van der Waals surface area contributed by atoms with E-state index in [0.717, 1.165) is 38.0 Å². The molecule has 5 rings (SSSR count). The van der Waals surface area contributed by atoms with Crippen molar-refractivity contribution in [3.05, 3.63) is 77.3 Å². The van der Waals surface area contributed by atoms with E-state index in [0.29, 0.717) is 24.6 Å². The quantitative estimate of drug-likeness (QED) is 0.344. The number of rotatable bonds is 10. The molecule has 0 aliphatic carbocycles. The van der Waals surface area contributed by atoms with Crippen LogP contribution in [0, 0.1) is 12.8 Å². The molecule has 4 heterocycles. The number of fused-ring (bicyclic) bond motifs is 1. The molecule has 2 aliphatic heterocycles. The normalized spacial score (nSPS) is 18.3. The first-order valence-corrected chi connectivity index (χ1v) is 16.0. The van der Waals surface area contributed by atoms with Crippen LogP contribution in [0.15, 0.2) is 66.0 Å². The van der Waals surface area contributed by atoms with E-state index in [1.807, 2.05) is 47.4 Å².